The highest BCUT2D eigenvalue weighted by molar-refractivity contribution is 7.03. The number of nitrogens with zero attached hydrogens (tertiary/aromatic N) is 2. The Bertz CT molecular complexity index is 3810. The molecule has 308 valence electrons. The molecule has 65 heavy (non-hydrogen) atoms. The van der Waals surface area contributed by atoms with E-state index in [-0.39, 0.29) is 0 Å². The SMILES string of the molecule is C[Si]1(C)c2cc(N(c3ccccc3)c3ccc4oc5ccccc5c4c3)ccc2-c2ccc(-c3ccc(N(c4ccccc4)c4cccc5c4oc4ccccc45)cc3)c3cccc1c23. The second-order valence-corrected chi connectivity index (χ2v) is 22.0. The second kappa shape index (κ2) is 14.5. The molecule has 0 saturated carbocycles. The molecule has 10 aromatic carbocycles. The van der Waals surface area contributed by atoms with Gasteiger partial charge in [-0.15, -0.1) is 0 Å². The Balaban J connectivity index is 0.912. The number of hydrogen-bond donors (Lipinski definition) is 0. The summed E-state index contributed by atoms with van der Waals surface area (Å²) in [6.45, 7) is 5.04. The maximum absolute atomic E-state index is 6.57. The van der Waals surface area contributed by atoms with Crippen molar-refractivity contribution in [1.29, 1.82) is 0 Å². The van der Waals surface area contributed by atoms with Crippen LogP contribution in [0.5, 0.6) is 0 Å². The van der Waals surface area contributed by atoms with Gasteiger partial charge < -0.3 is 18.6 Å². The predicted octanol–water partition coefficient (Wildman–Crippen LogP) is 16.0. The molecule has 12 aromatic rings. The first kappa shape index (κ1) is 37.4. The summed E-state index contributed by atoms with van der Waals surface area (Å²) >= 11 is 0. The largest absolute Gasteiger partial charge is 0.456 e. The molecular weight excluding hydrogens is 809 g/mol. The fourth-order valence-electron chi connectivity index (χ4n) is 10.6. The van der Waals surface area contributed by atoms with Crippen LogP contribution < -0.4 is 20.2 Å². The first-order valence-electron chi connectivity index (χ1n) is 22.3. The number of para-hydroxylation sites is 5. The highest BCUT2D eigenvalue weighted by Gasteiger charge is 2.36. The van der Waals surface area contributed by atoms with E-state index >= 15 is 0 Å². The third kappa shape index (κ3) is 5.82. The van der Waals surface area contributed by atoms with Crippen LogP contribution in [0, 0.1) is 0 Å². The maximum Gasteiger partial charge on any atom is 0.159 e. The summed E-state index contributed by atoms with van der Waals surface area (Å²) in [6.07, 6.45) is 0. The Morgan fingerprint density at radius 3 is 1.65 bits per heavy atom. The second-order valence-electron chi connectivity index (χ2n) is 17.7. The first-order valence-corrected chi connectivity index (χ1v) is 25.3. The molecule has 5 heteroatoms. The number of rotatable bonds is 7. The van der Waals surface area contributed by atoms with Gasteiger partial charge in [-0.05, 0) is 128 Å². The fraction of sp³-hybridized carbons (Fsp3) is 0.0333. The zero-order chi connectivity index (χ0) is 43.2. The molecule has 4 nitrogen and oxygen atoms in total. The lowest BCUT2D eigenvalue weighted by molar-refractivity contribution is 0.668. The standard InChI is InChI=1S/C60H42N2O2Si/c1-65(2)57-26-14-21-49-45(39-27-29-42(30-28-39)62(41-17-7-4-8-18-41)53-23-13-22-51-46-19-9-12-25-55(46)64-60(51)53)34-35-50(59(49)57)48-33-31-44(38-58(48)65)61(40-15-5-3-6-16-40)43-32-36-56-52(37-43)47-20-10-11-24-54(47)63-56/h3-38H,1-2H3. The van der Waals surface area contributed by atoms with Crippen LogP contribution in [-0.4, -0.2) is 8.07 Å². The van der Waals surface area contributed by atoms with Crippen molar-refractivity contribution in [3.8, 4) is 22.3 Å². The molecule has 1 aliphatic heterocycles. The van der Waals surface area contributed by atoms with E-state index < -0.39 is 8.07 Å². The fourth-order valence-corrected chi connectivity index (χ4v) is 13.6. The molecule has 0 aliphatic carbocycles. The quantitative estimate of drug-likeness (QED) is 0.150. The third-order valence-corrected chi connectivity index (χ3v) is 17.2. The van der Waals surface area contributed by atoms with Gasteiger partial charge in [0, 0.05) is 50.0 Å². The summed E-state index contributed by atoms with van der Waals surface area (Å²) in [5, 5.41) is 10.1. The molecule has 0 N–H and O–H groups in total. The Morgan fingerprint density at radius 2 is 0.877 bits per heavy atom. The highest BCUT2D eigenvalue weighted by atomic mass is 28.3. The highest BCUT2D eigenvalue weighted by Crippen LogP contribution is 2.45. The molecule has 0 spiro atoms. The Hall–Kier alpha value is -8.12. The Morgan fingerprint density at radius 1 is 0.338 bits per heavy atom. The van der Waals surface area contributed by atoms with E-state index in [1.54, 1.807) is 0 Å². The van der Waals surface area contributed by atoms with E-state index in [0.29, 0.717) is 0 Å². The van der Waals surface area contributed by atoms with E-state index in [1.165, 1.54) is 43.4 Å². The van der Waals surface area contributed by atoms with Gasteiger partial charge in [0.1, 0.15) is 24.8 Å². The summed E-state index contributed by atoms with van der Waals surface area (Å²) < 4.78 is 12.8. The topological polar surface area (TPSA) is 32.8 Å². The molecule has 13 rings (SSSR count). The number of anilines is 6. The van der Waals surface area contributed by atoms with Gasteiger partial charge in [0.2, 0.25) is 0 Å². The third-order valence-electron chi connectivity index (χ3n) is 13.6. The lowest BCUT2D eigenvalue weighted by Gasteiger charge is -2.35. The van der Waals surface area contributed by atoms with Crippen molar-refractivity contribution in [2.45, 2.75) is 13.1 Å². The summed E-state index contributed by atoms with van der Waals surface area (Å²) in [6, 6.07) is 78.8. The smallest absolute Gasteiger partial charge is 0.159 e. The maximum atomic E-state index is 6.57. The molecule has 0 radical (unpaired) electrons. The van der Waals surface area contributed by atoms with Crippen LogP contribution in [0.4, 0.5) is 34.1 Å². The van der Waals surface area contributed by atoms with E-state index in [9.17, 15) is 0 Å². The van der Waals surface area contributed by atoms with Crippen LogP contribution in [0.1, 0.15) is 0 Å². The normalized spacial score (nSPS) is 12.9. The van der Waals surface area contributed by atoms with Gasteiger partial charge in [-0.3, -0.25) is 0 Å². The van der Waals surface area contributed by atoms with Crippen LogP contribution in [0.25, 0.3) is 76.9 Å². The molecule has 0 atom stereocenters. The van der Waals surface area contributed by atoms with Crippen molar-refractivity contribution in [2.24, 2.45) is 0 Å². The van der Waals surface area contributed by atoms with E-state index in [2.05, 4.69) is 217 Å². The first-order chi connectivity index (χ1) is 32.0. The lowest BCUT2D eigenvalue weighted by atomic mass is 9.91. The van der Waals surface area contributed by atoms with Gasteiger partial charge in [-0.1, -0.05) is 147 Å². The van der Waals surface area contributed by atoms with Crippen molar-refractivity contribution in [3.05, 3.63) is 218 Å². The van der Waals surface area contributed by atoms with Crippen LogP contribution in [0.15, 0.2) is 227 Å². The molecule has 1 aliphatic rings. The van der Waals surface area contributed by atoms with Gasteiger partial charge >= 0.3 is 0 Å². The van der Waals surface area contributed by atoms with Crippen molar-refractivity contribution in [2.75, 3.05) is 9.80 Å². The lowest BCUT2D eigenvalue weighted by Crippen LogP contribution is -2.56. The zero-order valence-corrected chi connectivity index (χ0v) is 37.0. The van der Waals surface area contributed by atoms with E-state index in [4.69, 9.17) is 8.83 Å². The van der Waals surface area contributed by atoms with Crippen LogP contribution >= 0.6 is 0 Å². The van der Waals surface area contributed by atoms with E-state index in [1.807, 2.05) is 24.3 Å². The van der Waals surface area contributed by atoms with Gasteiger partial charge in [-0.25, -0.2) is 0 Å². The minimum Gasteiger partial charge on any atom is -0.456 e. The zero-order valence-electron chi connectivity index (χ0n) is 36.0. The summed E-state index contributed by atoms with van der Waals surface area (Å²) in [5.41, 5.74) is 15.1. The monoisotopic (exact) mass is 850 g/mol. The molecule has 3 heterocycles. The van der Waals surface area contributed by atoms with Crippen molar-refractivity contribution in [3.63, 3.8) is 0 Å². The van der Waals surface area contributed by atoms with Crippen molar-refractivity contribution in [1.82, 2.24) is 0 Å². The molecule has 0 saturated heterocycles. The number of hydrogen-bond acceptors (Lipinski definition) is 4. The molecule has 0 amide bonds. The number of fused-ring (bicyclic) bond motifs is 8. The Kier molecular flexibility index (Phi) is 8.33. The Labute approximate surface area is 377 Å². The molecule has 0 unspecified atom stereocenters. The van der Waals surface area contributed by atoms with Gasteiger partial charge in [0.25, 0.3) is 0 Å². The van der Waals surface area contributed by atoms with Crippen LogP contribution in [-0.2, 0) is 0 Å². The average Bonchev–Trinajstić information content (AvgIpc) is 3.93. The molecular formula is C60H42N2O2Si. The number of furan rings is 2. The average molecular weight is 851 g/mol. The number of benzene rings is 10. The van der Waals surface area contributed by atoms with E-state index in [0.717, 1.165) is 78.0 Å². The van der Waals surface area contributed by atoms with Gasteiger partial charge in [0.05, 0.1) is 5.69 Å². The molecule has 0 bridgehead atoms. The van der Waals surface area contributed by atoms with Crippen molar-refractivity contribution < 1.29 is 8.83 Å². The summed E-state index contributed by atoms with van der Waals surface area (Å²) in [4.78, 5) is 4.70. The van der Waals surface area contributed by atoms with Crippen molar-refractivity contribution >= 4 is 107 Å². The van der Waals surface area contributed by atoms with Gasteiger partial charge in [0.15, 0.2) is 5.58 Å². The summed E-state index contributed by atoms with van der Waals surface area (Å²) in [5.74, 6) is 0. The van der Waals surface area contributed by atoms with Gasteiger partial charge in [-0.2, -0.15) is 0 Å². The summed E-state index contributed by atoms with van der Waals surface area (Å²) in [7, 11) is -2.23. The van der Waals surface area contributed by atoms with Crippen LogP contribution in [0.2, 0.25) is 13.1 Å². The molecule has 0 fully saturated rings. The minimum atomic E-state index is -2.23. The molecule has 2 aromatic heterocycles. The predicted molar refractivity (Wildman–Crippen MR) is 275 cm³/mol. The van der Waals surface area contributed by atoms with Crippen LogP contribution in [0.3, 0.4) is 0 Å². The minimum absolute atomic E-state index is 0.877.